The maximum Gasteiger partial charge on any atom is 0.382 e. The Labute approximate surface area is 71.9 Å². The average Bonchev–Trinajstić information content (AvgIpc) is 2.48. The summed E-state index contributed by atoms with van der Waals surface area (Å²) in [5.41, 5.74) is 0. The van der Waals surface area contributed by atoms with Crippen molar-refractivity contribution in [3.63, 3.8) is 0 Å². The molecule has 0 radical (unpaired) electrons. The lowest BCUT2D eigenvalue weighted by Gasteiger charge is -1.72. The molecule has 0 saturated heterocycles. The van der Waals surface area contributed by atoms with Gasteiger partial charge in [-0.05, 0) is 5.92 Å². The first kappa shape index (κ1) is 8.43. The van der Waals surface area contributed by atoms with E-state index in [1.54, 1.807) is 0 Å². The first-order valence-corrected chi connectivity index (χ1v) is 3.70. The molecule has 0 saturated carbocycles. The Bertz CT molecular complexity index is 371. The van der Waals surface area contributed by atoms with Crippen molar-refractivity contribution in [2.75, 3.05) is 0 Å². The van der Waals surface area contributed by atoms with E-state index < -0.39 is 5.97 Å². The van der Waals surface area contributed by atoms with Crippen LogP contribution in [0.4, 0.5) is 0 Å². The number of aromatic nitrogens is 1. The summed E-state index contributed by atoms with van der Waals surface area (Å²) in [4.78, 5) is 24.3. The van der Waals surface area contributed by atoms with Crippen LogP contribution in [-0.2, 0) is 4.79 Å². The fourth-order valence-electron chi connectivity index (χ4n) is 0.515. The van der Waals surface area contributed by atoms with Gasteiger partial charge in [-0.15, -0.1) is 11.3 Å². The van der Waals surface area contributed by atoms with Crippen LogP contribution in [0, 0.1) is 11.8 Å². The molecule has 0 bridgehead atoms. The smallest absolute Gasteiger partial charge is 0.382 e. The number of carbonyl (C=O) groups excluding carboxylic acids is 1. The molecular weight excluding hydrogens is 178 g/mol. The number of carboxylic acids is 1. The van der Waals surface area contributed by atoms with Crippen molar-refractivity contribution in [2.45, 2.75) is 0 Å². The Morgan fingerprint density at radius 1 is 1.75 bits per heavy atom. The van der Waals surface area contributed by atoms with Crippen LogP contribution in [0.2, 0.25) is 0 Å². The molecule has 1 N–H and O–H groups in total. The molecule has 0 fully saturated rings. The predicted molar refractivity (Wildman–Crippen MR) is 42.0 cm³/mol. The maximum atomic E-state index is 10.1. The van der Waals surface area contributed by atoms with Gasteiger partial charge in [0.05, 0.1) is 11.1 Å². The van der Waals surface area contributed by atoms with Crippen LogP contribution in [0.15, 0.2) is 6.20 Å². The molecule has 1 aromatic heterocycles. The fraction of sp³-hybridized carbons (Fsp3) is 0. The summed E-state index contributed by atoms with van der Waals surface area (Å²) in [5.74, 6) is 3.07. The summed E-state index contributed by atoms with van der Waals surface area (Å²) in [7, 11) is 0. The highest BCUT2D eigenvalue weighted by molar-refractivity contribution is 7.13. The Morgan fingerprint density at radius 3 is 3.00 bits per heavy atom. The van der Waals surface area contributed by atoms with Crippen LogP contribution in [0.25, 0.3) is 0 Å². The molecule has 0 amide bonds. The molecule has 60 valence electrons. The van der Waals surface area contributed by atoms with Crippen LogP contribution in [0.5, 0.6) is 0 Å². The lowest BCUT2D eigenvalue weighted by atomic mass is 10.5. The normalized spacial score (nSPS) is 8.33. The average molecular weight is 181 g/mol. The molecule has 1 rings (SSSR count). The van der Waals surface area contributed by atoms with Gasteiger partial charge in [0.25, 0.3) is 0 Å². The highest BCUT2D eigenvalue weighted by atomic mass is 32.1. The summed E-state index contributed by atoms with van der Waals surface area (Å²) in [5, 5.41) is 8.48. The third kappa shape index (κ3) is 2.18. The monoisotopic (exact) mass is 181 g/mol. The molecule has 0 aliphatic heterocycles. The highest BCUT2D eigenvalue weighted by Crippen LogP contribution is 2.08. The Morgan fingerprint density at radius 2 is 2.50 bits per heavy atom. The van der Waals surface area contributed by atoms with E-state index in [1.807, 2.05) is 5.92 Å². The van der Waals surface area contributed by atoms with Gasteiger partial charge < -0.3 is 5.11 Å². The molecule has 0 aromatic carbocycles. The molecule has 1 aromatic rings. The molecule has 0 atom stereocenters. The second-order valence-electron chi connectivity index (χ2n) is 1.74. The van der Waals surface area contributed by atoms with Crippen molar-refractivity contribution in [2.24, 2.45) is 0 Å². The van der Waals surface area contributed by atoms with E-state index in [-0.39, 0.29) is 0 Å². The third-order valence-corrected chi connectivity index (χ3v) is 1.76. The number of rotatable bonds is 1. The van der Waals surface area contributed by atoms with Gasteiger partial charge in [0.1, 0.15) is 0 Å². The van der Waals surface area contributed by atoms with Crippen LogP contribution in [0.1, 0.15) is 14.7 Å². The van der Waals surface area contributed by atoms with E-state index >= 15 is 0 Å². The number of carboxylic acid groups (broad SMARTS) is 1. The van der Waals surface area contributed by atoms with Gasteiger partial charge in [-0.3, -0.25) is 4.79 Å². The van der Waals surface area contributed by atoms with E-state index in [9.17, 15) is 9.59 Å². The van der Waals surface area contributed by atoms with Gasteiger partial charge in [-0.1, -0.05) is 0 Å². The van der Waals surface area contributed by atoms with Crippen molar-refractivity contribution < 1.29 is 14.7 Å². The summed E-state index contributed by atoms with van der Waals surface area (Å²) in [6.45, 7) is 0. The summed E-state index contributed by atoms with van der Waals surface area (Å²) < 4.78 is 0. The lowest BCUT2D eigenvalue weighted by molar-refractivity contribution is -0.130. The van der Waals surface area contributed by atoms with Crippen LogP contribution < -0.4 is 0 Å². The molecule has 0 spiro atoms. The first-order chi connectivity index (χ1) is 5.72. The minimum absolute atomic E-state index is 0.296. The summed E-state index contributed by atoms with van der Waals surface area (Å²) in [6.07, 6.45) is 1.96. The van der Waals surface area contributed by atoms with Crippen molar-refractivity contribution >= 4 is 23.6 Å². The minimum Gasteiger partial charge on any atom is -0.472 e. The van der Waals surface area contributed by atoms with Crippen LogP contribution in [0.3, 0.4) is 0 Å². The molecule has 12 heavy (non-hydrogen) atoms. The number of hydrogen-bond donors (Lipinski definition) is 1. The zero-order valence-corrected chi connectivity index (χ0v) is 6.59. The number of aliphatic carboxylic acids is 1. The van der Waals surface area contributed by atoms with Gasteiger partial charge in [-0.25, -0.2) is 9.78 Å². The minimum atomic E-state index is -1.20. The van der Waals surface area contributed by atoms with Crippen molar-refractivity contribution in [3.05, 3.63) is 16.1 Å². The SMILES string of the molecule is O=Cc1ncc(C#CC(=O)O)s1. The number of aldehydes is 1. The quantitative estimate of drug-likeness (QED) is 0.502. The number of nitrogens with zero attached hydrogens (tertiary/aromatic N) is 1. The summed E-state index contributed by atoms with van der Waals surface area (Å²) >= 11 is 1.06. The van der Waals surface area contributed by atoms with E-state index in [0.29, 0.717) is 16.2 Å². The van der Waals surface area contributed by atoms with Gasteiger partial charge >= 0.3 is 5.97 Å². The largest absolute Gasteiger partial charge is 0.472 e. The third-order valence-electron chi connectivity index (χ3n) is 0.917. The predicted octanol–water partition coefficient (Wildman–Crippen LogP) is 0.392. The van der Waals surface area contributed by atoms with E-state index in [0.717, 1.165) is 11.3 Å². The number of thiazole rings is 1. The Kier molecular flexibility index (Phi) is 2.56. The molecule has 1 heterocycles. The Hall–Kier alpha value is -1.67. The first-order valence-electron chi connectivity index (χ1n) is 2.88. The van der Waals surface area contributed by atoms with Gasteiger partial charge in [0.2, 0.25) is 0 Å². The van der Waals surface area contributed by atoms with E-state index in [4.69, 9.17) is 5.11 Å². The number of carbonyl (C=O) groups is 2. The zero-order valence-electron chi connectivity index (χ0n) is 5.77. The van der Waals surface area contributed by atoms with Crippen molar-refractivity contribution in [3.8, 4) is 11.8 Å². The van der Waals surface area contributed by atoms with Gasteiger partial charge in [0, 0.05) is 5.92 Å². The Balaban J connectivity index is 2.85. The summed E-state index contributed by atoms with van der Waals surface area (Å²) in [6, 6.07) is 0. The maximum absolute atomic E-state index is 10.1. The zero-order chi connectivity index (χ0) is 8.97. The molecular formula is C7H3NO3S. The second-order valence-corrected chi connectivity index (χ2v) is 2.80. The van der Waals surface area contributed by atoms with Crippen LogP contribution >= 0.6 is 11.3 Å². The van der Waals surface area contributed by atoms with Crippen molar-refractivity contribution in [1.82, 2.24) is 4.98 Å². The highest BCUT2D eigenvalue weighted by Gasteiger charge is 1.96. The molecule has 0 unspecified atom stereocenters. The molecule has 0 aliphatic rings. The fourth-order valence-corrected chi connectivity index (χ4v) is 1.10. The van der Waals surface area contributed by atoms with Crippen molar-refractivity contribution in [1.29, 1.82) is 0 Å². The molecule has 5 heteroatoms. The van der Waals surface area contributed by atoms with E-state index in [1.165, 1.54) is 6.20 Å². The molecule has 0 aliphatic carbocycles. The van der Waals surface area contributed by atoms with Gasteiger partial charge in [0.15, 0.2) is 11.3 Å². The second kappa shape index (κ2) is 3.64. The number of hydrogen-bond acceptors (Lipinski definition) is 4. The van der Waals surface area contributed by atoms with E-state index in [2.05, 4.69) is 10.9 Å². The standard InChI is InChI=1S/C7H3NO3S/c9-4-6-8-3-5(12-6)1-2-7(10)11/h3-4H,(H,10,11). The van der Waals surface area contributed by atoms with Crippen LogP contribution in [-0.4, -0.2) is 22.3 Å². The lowest BCUT2D eigenvalue weighted by Crippen LogP contribution is -1.85. The topological polar surface area (TPSA) is 67.3 Å². The molecule has 4 nitrogen and oxygen atoms in total. The van der Waals surface area contributed by atoms with Gasteiger partial charge in [-0.2, -0.15) is 0 Å².